The third kappa shape index (κ3) is 4.33. The van der Waals surface area contributed by atoms with Crippen LogP contribution >= 0.6 is 0 Å². The summed E-state index contributed by atoms with van der Waals surface area (Å²) in [4.78, 5) is 0. The lowest BCUT2D eigenvalue weighted by Gasteiger charge is -2.15. The first kappa shape index (κ1) is 15.6. The average Bonchev–Trinajstić information content (AvgIpc) is 2.53. The van der Waals surface area contributed by atoms with Crippen molar-refractivity contribution in [2.45, 2.75) is 39.3 Å². The van der Waals surface area contributed by atoms with Crippen molar-refractivity contribution in [3.63, 3.8) is 0 Å². The van der Waals surface area contributed by atoms with Crippen LogP contribution in [-0.4, -0.2) is 7.11 Å². The van der Waals surface area contributed by atoms with Crippen molar-refractivity contribution in [2.24, 2.45) is 0 Å². The van der Waals surface area contributed by atoms with Crippen LogP contribution in [0.25, 0.3) is 0 Å². The van der Waals surface area contributed by atoms with Crippen molar-refractivity contribution in [1.82, 2.24) is 5.32 Å². The third-order valence-electron chi connectivity index (χ3n) is 3.87. The second-order valence-corrected chi connectivity index (χ2v) is 5.77. The van der Waals surface area contributed by atoms with Crippen LogP contribution in [0.5, 0.6) is 5.75 Å². The lowest BCUT2D eigenvalue weighted by atomic mass is 10.0. The Balaban J connectivity index is 1.92. The molecule has 0 aromatic heterocycles. The van der Waals surface area contributed by atoms with Gasteiger partial charge in [-0.1, -0.05) is 50.2 Å². The van der Waals surface area contributed by atoms with E-state index in [0.717, 1.165) is 12.3 Å². The summed E-state index contributed by atoms with van der Waals surface area (Å²) in [5.41, 5.74) is 3.98. The van der Waals surface area contributed by atoms with Crippen LogP contribution in [0.1, 0.15) is 49.4 Å². The summed E-state index contributed by atoms with van der Waals surface area (Å²) in [6.07, 6.45) is 0. The van der Waals surface area contributed by atoms with Gasteiger partial charge in [-0.15, -0.1) is 0 Å². The lowest BCUT2D eigenvalue weighted by Crippen LogP contribution is -2.18. The Bertz CT molecular complexity index is 543. The van der Waals surface area contributed by atoms with E-state index < -0.39 is 0 Å². The minimum absolute atomic E-state index is 0.320. The third-order valence-corrected chi connectivity index (χ3v) is 3.87. The van der Waals surface area contributed by atoms with E-state index in [1.54, 1.807) is 7.11 Å². The normalized spacial score (nSPS) is 12.4. The summed E-state index contributed by atoms with van der Waals surface area (Å²) < 4.78 is 5.19. The van der Waals surface area contributed by atoms with Gasteiger partial charge >= 0.3 is 0 Å². The van der Waals surface area contributed by atoms with Crippen molar-refractivity contribution in [3.8, 4) is 5.75 Å². The van der Waals surface area contributed by atoms with Crippen LogP contribution in [0.2, 0.25) is 0 Å². The van der Waals surface area contributed by atoms with Gasteiger partial charge < -0.3 is 10.1 Å². The molecule has 0 spiro atoms. The lowest BCUT2D eigenvalue weighted by molar-refractivity contribution is 0.414. The van der Waals surface area contributed by atoms with Crippen LogP contribution in [0.4, 0.5) is 0 Å². The van der Waals surface area contributed by atoms with Gasteiger partial charge in [0.2, 0.25) is 0 Å². The summed E-state index contributed by atoms with van der Waals surface area (Å²) in [5.74, 6) is 1.49. The molecule has 0 amide bonds. The van der Waals surface area contributed by atoms with Gasteiger partial charge in [0.25, 0.3) is 0 Å². The van der Waals surface area contributed by atoms with Gasteiger partial charge in [-0.3, -0.25) is 0 Å². The van der Waals surface area contributed by atoms with Gasteiger partial charge in [-0.2, -0.15) is 0 Å². The summed E-state index contributed by atoms with van der Waals surface area (Å²) >= 11 is 0. The van der Waals surface area contributed by atoms with Crippen LogP contribution < -0.4 is 10.1 Å². The van der Waals surface area contributed by atoms with E-state index in [-0.39, 0.29) is 0 Å². The van der Waals surface area contributed by atoms with Crippen molar-refractivity contribution in [3.05, 3.63) is 65.2 Å². The maximum absolute atomic E-state index is 5.19. The Labute approximate surface area is 128 Å². The number of hydrogen-bond donors (Lipinski definition) is 1. The Morgan fingerprint density at radius 2 is 1.43 bits per heavy atom. The van der Waals surface area contributed by atoms with Gasteiger partial charge in [0, 0.05) is 12.6 Å². The maximum atomic E-state index is 5.19. The zero-order valence-electron chi connectivity index (χ0n) is 13.4. The van der Waals surface area contributed by atoms with Gasteiger partial charge in [0.15, 0.2) is 0 Å². The van der Waals surface area contributed by atoms with E-state index >= 15 is 0 Å². The Kier molecular flexibility index (Phi) is 5.40. The highest BCUT2D eigenvalue weighted by molar-refractivity contribution is 5.29. The molecule has 0 bridgehead atoms. The van der Waals surface area contributed by atoms with E-state index in [4.69, 9.17) is 4.74 Å². The second kappa shape index (κ2) is 7.28. The van der Waals surface area contributed by atoms with Gasteiger partial charge in [-0.25, -0.2) is 0 Å². The van der Waals surface area contributed by atoms with Gasteiger partial charge in [0.1, 0.15) is 5.75 Å². The molecule has 0 saturated carbocycles. The van der Waals surface area contributed by atoms with Crippen molar-refractivity contribution in [1.29, 1.82) is 0 Å². The van der Waals surface area contributed by atoms with Gasteiger partial charge in [0.05, 0.1) is 7.11 Å². The highest BCUT2D eigenvalue weighted by Gasteiger charge is 2.05. The zero-order valence-corrected chi connectivity index (χ0v) is 13.4. The smallest absolute Gasteiger partial charge is 0.118 e. The van der Waals surface area contributed by atoms with Crippen LogP contribution in [0, 0.1) is 0 Å². The molecule has 1 N–H and O–H groups in total. The number of hydrogen-bond acceptors (Lipinski definition) is 2. The maximum Gasteiger partial charge on any atom is 0.118 e. The summed E-state index contributed by atoms with van der Waals surface area (Å²) in [6, 6.07) is 17.4. The fraction of sp³-hybridized carbons (Fsp3) is 0.368. The summed E-state index contributed by atoms with van der Waals surface area (Å²) in [6.45, 7) is 7.51. The largest absolute Gasteiger partial charge is 0.497 e. The molecule has 1 atom stereocenters. The first-order valence-electron chi connectivity index (χ1n) is 7.56. The van der Waals surface area contributed by atoms with Crippen LogP contribution in [0.3, 0.4) is 0 Å². The topological polar surface area (TPSA) is 21.3 Å². The van der Waals surface area contributed by atoms with Crippen molar-refractivity contribution >= 4 is 0 Å². The minimum Gasteiger partial charge on any atom is -0.497 e. The molecule has 2 aromatic rings. The fourth-order valence-electron chi connectivity index (χ4n) is 2.30. The number of nitrogens with one attached hydrogen (secondary N) is 1. The molecule has 0 aliphatic carbocycles. The summed E-state index contributed by atoms with van der Waals surface area (Å²) in [7, 11) is 1.69. The van der Waals surface area contributed by atoms with Gasteiger partial charge in [-0.05, 0) is 41.7 Å². The van der Waals surface area contributed by atoms with E-state index in [2.05, 4.69) is 62.5 Å². The molecule has 0 aliphatic heterocycles. The molecule has 0 heterocycles. The molecule has 2 nitrogen and oxygen atoms in total. The van der Waals surface area contributed by atoms with E-state index in [0.29, 0.717) is 12.0 Å². The molecule has 21 heavy (non-hydrogen) atoms. The fourth-order valence-corrected chi connectivity index (χ4v) is 2.30. The number of methoxy groups -OCH3 is 1. The monoisotopic (exact) mass is 283 g/mol. The molecule has 0 radical (unpaired) electrons. The highest BCUT2D eigenvalue weighted by atomic mass is 16.5. The van der Waals surface area contributed by atoms with E-state index in [1.807, 2.05) is 12.1 Å². The zero-order chi connectivity index (χ0) is 15.2. The SMILES string of the molecule is COc1ccc([C@H](C)NCc2ccc(C(C)C)cc2)cc1. The van der Waals surface area contributed by atoms with Crippen LogP contribution in [0.15, 0.2) is 48.5 Å². The number of benzene rings is 2. The Hall–Kier alpha value is -1.80. The molecule has 0 fully saturated rings. The first-order valence-corrected chi connectivity index (χ1v) is 7.56. The molecule has 2 rings (SSSR count). The molecule has 0 saturated heterocycles. The summed E-state index contributed by atoms with van der Waals surface area (Å²) in [5, 5.41) is 3.56. The van der Waals surface area contributed by atoms with Crippen molar-refractivity contribution in [2.75, 3.05) is 7.11 Å². The average molecular weight is 283 g/mol. The van der Waals surface area contributed by atoms with Crippen LogP contribution in [-0.2, 0) is 6.54 Å². The number of ether oxygens (including phenoxy) is 1. The molecule has 0 aliphatic rings. The quantitative estimate of drug-likeness (QED) is 0.832. The molecule has 112 valence electrons. The molecular formula is C19H25NO. The predicted molar refractivity (Wildman–Crippen MR) is 88.8 cm³/mol. The first-order chi connectivity index (χ1) is 10.1. The minimum atomic E-state index is 0.320. The van der Waals surface area contributed by atoms with E-state index in [1.165, 1.54) is 16.7 Å². The second-order valence-electron chi connectivity index (χ2n) is 5.77. The van der Waals surface area contributed by atoms with E-state index in [9.17, 15) is 0 Å². The molecule has 0 unspecified atom stereocenters. The Morgan fingerprint density at radius 3 is 1.95 bits per heavy atom. The molecule has 2 aromatic carbocycles. The predicted octanol–water partition coefficient (Wildman–Crippen LogP) is 4.67. The Morgan fingerprint density at radius 1 is 0.857 bits per heavy atom. The highest BCUT2D eigenvalue weighted by Crippen LogP contribution is 2.18. The number of rotatable bonds is 6. The molecular weight excluding hydrogens is 258 g/mol. The standard InChI is InChI=1S/C19H25NO/c1-14(2)17-7-5-16(6-8-17)13-20-15(3)18-9-11-19(21-4)12-10-18/h5-12,14-15,20H,13H2,1-4H3/t15-/m0/s1. The molecule has 2 heteroatoms. The van der Waals surface area contributed by atoms with Crippen molar-refractivity contribution < 1.29 is 4.74 Å².